The number of hydrogen-bond donors (Lipinski definition) is 4. The Bertz CT molecular complexity index is 1440. The quantitative estimate of drug-likeness (QED) is 0.0107. The first-order chi connectivity index (χ1) is 28.6. The number of quaternary nitrogens is 1. The van der Waals surface area contributed by atoms with Gasteiger partial charge in [0.1, 0.15) is 32.0 Å². The number of nitrogens with two attached hydrogens (primary N) is 1. The van der Waals surface area contributed by atoms with Crippen molar-refractivity contribution in [1.29, 1.82) is 0 Å². The van der Waals surface area contributed by atoms with Gasteiger partial charge in [0.25, 0.3) is 0 Å². The number of phosphoric acid groups is 1. The summed E-state index contributed by atoms with van der Waals surface area (Å²) in [5, 5.41) is 10.3. The lowest BCUT2D eigenvalue weighted by Crippen LogP contribution is -2.43. The highest BCUT2D eigenvalue weighted by Crippen LogP contribution is 2.47. The number of rotatable bonds is 36. The molecular formula is C41H78N2O16PS+. The predicted octanol–water partition coefficient (Wildman–Crippen LogP) is 6.03. The second-order valence-electron chi connectivity index (χ2n) is 17.6. The molecule has 2 heterocycles. The summed E-state index contributed by atoms with van der Waals surface area (Å²) in [6.45, 7) is 2.67. The highest BCUT2D eigenvalue weighted by molar-refractivity contribution is 7.80. The number of aliphatic hydroxyl groups is 1. The summed E-state index contributed by atoms with van der Waals surface area (Å²) in [5.74, 6) is -3.89. The van der Waals surface area contributed by atoms with Crippen molar-refractivity contribution < 1.29 is 78.5 Å². The first-order valence-electron chi connectivity index (χ1n) is 22.1. The van der Waals surface area contributed by atoms with E-state index in [4.69, 9.17) is 43.0 Å². The smallest absolute Gasteiger partial charge is 0.460 e. The number of nitrogens with zero attached hydrogens (tertiary/aromatic N) is 1. The lowest BCUT2D eigenvalue weighted by atomic mass is 9.94. The van der Waals surface area contributed by atoms with E-state index in [0.29, 0.717) is 36.9 Å². The number of phosphoric ester groups is 1. The van der Waals surface area contributed by atoms with Gasteiger partial charge in [-0.05, 0) is 45.4 Å². The Hall–Kier alpha value is -1.58. The number of fused-ring (bicyclic) bond motifs is 2. The summed E-state index contributed by atoms with van der Waals surface area (Å²) in [7, 11) is -3.37. The highest BCUT2D eigenvalue weighted by Gasteiger charge is 2.54. The lowest BCUT2D eigenvalue weighted by Gasteiger charge is -2.35. The van der Waals surface area contributed by atoms with Gasteiger partial charge in [0.05, 0.1) is 46.5 Å². The van der Waals surface area contributed by atoms with E-state index in [1.165, 1.54) is 57.9 Å². The van der Waals surface area contributed by atoms with Crippen LogP contribution in [0.5, 0.6) is 0 Å². The molecule has 0 aliphatic carbocycles. The van der Waals surface area contributed by atoms with Crippen LogP contribution < -0.4 is 5.73 Å². The van der Waals surface area contributed by atoms with Crippen LogP contribution in [0.25, 0.3) is 0 Å². The van der Waals surface area contributed by atoms with Crippen molar-refractivity contribution in [3.8, 4) is 0 Å². The largest absolute Gasteiger partial charge is 0.475 e. The van der Waals surface area contributed by atoms with Crippen LogP contribution in [0.15, 0.2) is 12.2 Å². The number of likely N-dealkylation sites (N-methyl/N-ethyl adjacent to an activating group) is 1. The Morgan fingerprint density at radius 1 is 0.934 bits per heavy atom. The standard InChI is InChI=1S/C41H77N2O16PS/c1-34(44)56-36-25-27-41(26-21-17-12-10-8-6-7-9-11-13-18-22-29-52-31-35(42)32-55-61(49,50)51)57-37(39(36)58-41)23-19-15-14-16-20-24-38(45)53-33-40(2,46)59-60(47,48)54-30-28-43(3,4)5/h20,24,35-37,39,46H,6-19,21-23,25-33,42H2,1-5H3,(H-,47,48,49,50,51)/p+1/b24-20+/t35-,36-,37-,39+,40-,41+/m1/s1. The van der Waals surface area contributed by atoms with Crippen LogP contribution in [0, 0.1) is 0 Å². The van der Waals surface area contributed by atoms with Gasteiger partial charge in [-0.3, -0.25) is 18.4 Å². The number of unbranched alkanes of at least 4 members (excludes halogenated alkanes) is 14. The first-order valence-corrected chi connectivity index (χ1v) is 25.0. The summed E-state index contributed by atoms with van der Waals surface area (Å²) in [4.78, 5) is 33.9. The predicted molar refractivity (Wildman–Crippen MR) is 227 cm³/mol. The average molecular weight is 918 g/mol. The number of allylic oxidation sites excluding steroid dienone is 1. The summed E-state index contributed by atoms with van der Waals surface area (Å²) >= 11 is 0. The van der Waals surface area contributed by atoms with Crippen molar-refractivity contribution >= 4 is 30.2 Å². The third-order valence-corrected chi connectivity index (χ3v) is 11.9. The first kappa shape index (κ1) is 55.6. The number of esters is 2. The fraction of sp³-hybridized carbons (Fsp3) is 0.902. The number of carbonyl (C=O) groups is 2. The van der Waals surface area contributed by atoms with Gasteiger partial charge >= 0.3 is 30.2 Å². The molecular weight excluding hydrogens is 839 g/mol. The molecule has 2 bridgehead atoms. The van der Waals surface area contributed by atoms with Crippen molar-refractivity contribution in [3.05, 3.63) is 12.2 Å². The van der Waals surface area contributed by atoms with Gasteiger partial charge < -0.3 is 43.9 Å². The fourth-order valence-electron chi connectivity index (χ4n) is 7.23. The number of ether oxygens (including phenoxy) is 5. The average Bonchev–Trinajstić information content (AvgIpc) is 3.44. The highest BCUT2D eigenvalue weighted by atomic mass is 32.3. The van der Waals surface area contributed by atoms with Crippen molar-refractivity contribution in [2.45, 2.75) is 178 Å². The molecule has 0 aromatic heterocycles. The lowest BCUT2D eigenvalue weighted by molar-refractivity contribution is -0.870. The maximum absolute atomic E-state index is 12.2. The second-order valence-corrected chi connectivity index (χ2v) is 20.1. The van der Waals surface area contributed by atoms with E-state index in [1.54, 1.807) is 6.08 Å². The molecule has 0 saturated carbocycles. The van der Waals surface area contributed by atoms with Gasteiger partial charge in [-0.2, -0.15) is 8.42 Å². The molecule has 61 heavy (non-hydrogen) atoms. The van der Waals surface area contributed by atoms with E-state index in [-0.39, 0.29) is 44.1 Å². The van der Waals surface area contributed by atoms with Gasteiger partial charge in [0.15, 0.2) is 5.79 Å². The molecule has 20 heteroatoms. The van der Waals surface area contributed by atoms with Crippen molar-refractivity contribution in [2.75, 3.05) is 60.7 Å². The molecule has 0 aromatic rings. The Kier molecular flexibility index (Phi) is 25.8. The molecule has 0 spiro atoms. The Labute approximate surface area is 364 Å². The maximum Gasteiger partial charge on any atom is 0.475 e. The molecule has 0 radical (unpaired) electrons. The molecule has 358 valence electrons. The van der Waals surface area contributed by atoms with Crippen LogP contribution in [0.2, 0.25) is 0 Å². The van der Waals surface area contributed by atoms with Crippen molar-refractivity contribution in [2.24, 2.45) is 5.73 Å². The van der Waals surface area contributed by atoms with E-state index in [9.17, 15) is 32.6 Å². The van der Waals surface area contributed by atoms with Gasteiger partial charge in [-0.15, -0.1) is 0 Å². The Morgan fingerprint density at radius 2 is 1.54 bits per heavy atom. The zero-order chi connectivity index (χ0) is 45.4. The molecule has 2 saturated heterocycles. The summed E-state index contributed by atoms with van der Waals surface area (Å²) in [6.07, 6.45) is 22.1. The van der Waals surface area contributed by atoms with Crippen LogP contribution in [0.4, 0.5) is 0 Å². The summed E-state index contributed by atoms with van der Waals surface area (Å²) in [6, 6.07) is -0.611. The Morgan fingerprint density at radius 3 is 2.15 bits per heavy atom. The van der Waals surface area contributed by atoms with Crippen LogP contribution in [-0.4, -0.2) is 136 Å². The van der Waals surface area contributed by atoms with Crippen molar-refractivity contribution in [3.63, 3.8) is 0 Å². The van der Waals surface area contributed by atoms with E-state index < -0.39 is 48.4 Å². The molecule has 1 unspecified atom stereocenters. The fourth-order valence-corrected chi connectivity index (χ4v) is 8.49. The van der Waals surface area contributed by atoms with Gasteiger partial charge in [-0.25, -0.2) is 13.5 Å². The van der Waals surface area contributed by atoms with Gasteiger partial charge in [0, 0.05) is 32.4 Å². The molecule has 0 aromatic carbocycles. The number of carbonyl (C=O) groups excluding carboxylic acids is 2. The van der Waals surface area contributed by atoms with Crippen LogP contribution >= 0.6 is 7.82 Å². The van der Waals surface area contributed by atoms with E-state index >= 15 is 0 Å². The van der Waals surface area contributed by atoms with E-state index in [1.807, 2.05) is 21.1 Å². The zero-order valence-electron chi connectivity index (χ0n) is 37.4. The minimum absolute atomic E-state index is 0.0630. The van der Waals surface area contributed by atoms with E-state index in [2.05, 4.69) is 4.18 Å². The van der Waals surface area contributed by atoms with Crippen LogP contribution in [0.3, 0.4) is 0 Å². The Balaban J connectivity index is 1.56. The van der Waals surface area contributed by atoms with Crippen LogP contribution in [-0.2, 0) is 61.5 Å². The third-order valence-electron chi connectivity index (χ3n) is 10.4. The second kappa shape index (κ2) is 28.4. The van der Waals surface area contributed by atoms with Gasteiger partial charge in [-0.1, -0.05) is 83.1 Å². The molecule has 2 rings (SSSR count). The molecule has 2 aliphatic heterocycles. The van der Waals surface area contributed by atoms with E-state index in [0.717, 1.165) is 71.1 Å². The number of hydrogen-bond acceptors (Lipinski definition) is 15. The normalized spacial score (nSPS) is 23.1. The molecule has 18 nitrogen and oxygen atoms in total. The monoisotopic (exact) mass is 917 g/mol. The van der Waals surface area contributed by atoms with Gasteiger partial charge in [0.2, 0.25) is 5.79 Å². The summed E-state index contributed by atoms with van der Waals surface area (Å²) < 4.78 is 85.6. The minimum atomic E-state index is -4.57. The van der Waals surface area contributed by atoms with Crippen LogP contribution in [0.1, 0.15) is 142 Å². The zero-order valence-corrected chi connectivity index (χ0v) is 39.1. The summed E-state index contributed by atoms with van der Waals surface area (Å²) in [5.41, 5.74) is 5.69. The third kappa shape index (κ3) is 27.4. The molecule has 7 atom stereocenters. The molecule has 2 fully saturated rings. The molecule has 0 amide bonds. The maximum atomic E-state index is 12.2. The topological polar surface area (TPSA) is 246 Å². The molecule has 5 N–H and O–H groups in total. The molecule has 2 aliphatic rings. The SMILES string of the molecule is CC(=O)O[C@@H]1CC[C@]2(CCCCCCCCCCCCCCOC[C@@H](N)COS(=O)(=O)O)O[C@@H]1[C@@H](CCCCC/C=C/C(=O)OC[C@](C)(O)OP(=O)(O)OCC[N+](C)(C)C)O2. The minimum Gasteiger partial charge on any atom is -0.460 e. The van der Waals surface area contributed by atoms with Crippen molar-refractivity contribution in [1.82, 2.24) is 0 Å².